The van der Waals surface area contributed by atoms with Crippen LogP contribution in [0.3, 0.4) is 0 Å². The predicted octanol–water partition coefficient (Wildman–Crippen LogP) is 5.84. The quantitative estimate of drug-likeness (QED) is 0.323. The minimum absolute atomic E-state index is 0.0881. The summed E-state index contributed by atoms with van der Waals surface area (Å²) in [4.78, 5) is 10.9. The van der Waals surface area contributed by atoms with Gasteiger partial charge in [-0.1, -0.05) is 55.5 Å². The fourth-order valence-corrected chi connectivity index (χ4v) is 5.77. The van der Waals surface area contributed by atoms with Gasteiger partial charge >= 0.3 is 12.6 Å². The SMILES string of the molecule is CCc1ccccc1C=Cc1ccc2c(c1)N(S(=O)(=O)c1cccc(OC(F)F)c1)CC(CCC(=O)O)O2. The standard InChI is InChI=1S/C28H27F2NO6S/c1-2-20-6-3-4-7-21(20)12-10-19-11-14-26-25(16-19)31(18-23(36-26)13-15-27(32)33)38(34,35)24-9-5-8-22(17-24)37-28(29)30/h3-12,14,16-17,23,28H,2,13,15,18H2,1H3,(H,32,33). The van der Waals surface area contributed by atoms with Crippen LogP contribution >= 0.6 is 0 Å². The summed E-state index contributed by atoms with van der Waals surface area (Å²) < 4.78 is 64.4. The number of nitrogens with zero attached hydrogens (tertiary/aromatic N) is 1. The van der Waals surface area contributed by atoms with Crippen molar-refractivity contribution in [3.63, 3.8) is 0 Å². The molecule has 1 aliphatic heterocycles. The molecule has 0 fully saturated rings. The maximum absolute atomic E-state index is 13.7. The molecule has 0 spiro atoms. The Kier molecular flexibility index (Phi) is 8.31. The maximum atomic E-state index is 13.7. The fourth-order valence-electron chi connectivity index (χ4n) is 4.24. The number of sulfonamides is 1. The highest BCUT2D eigenvalue weighted by molar-refractivity contribution is 7.92. The molecule has 0 saturated carbocycles. The van der Waals surface area contributed by atoms with Crippen LogP contribution in [0.1, 0.15) is 36.5 Å². The van der Waals surface area contributed by atoms with E-state index in [0.29, 0.717) is 0 Å². The van der Waals surface area contributed by atoms with Gasteiger partial charge in [0.05, 0.1) is 17.1 Å². The number of carboxylic acid groups (broad SMARTS) is 1. The molecular weight excluding hydrogens is 516 g/mol. The molecule has 10 heteroatoms. The zero-order valence-corrected chi connectivity index (χ0v) is 21.4. The van der Waals surface area contributed by atoms with Gasteiger partial charge in [0.15, 0.2) is 0 Å². The van der Waals surface area contributed by atoms with Gasteiger partial charge in [0.1, 0.15) is 17.6 Å². The molecule has 0 radical (unpaired) electrons. The van der Waals surface area contributed by atoms with E-state index in [4.69, 9.17) is 9.84 Å². The van der Waals surface area contributed by atoms with Gasteiger partial charge in [-0.15, -0.1) is 0 Å². The summed E-state index contributed by atoms with van der Waals surface area (Å²) >= 11 is 0. The molecule has 0 aliphatic carbocycles. The number of hydrogen-bond acceptors (Lipinski definition) is 5. The topological polar surface area (TPSA) is 93.1 Å². The Morgan fingerprint density at radius 3 is 2.66 bits per heavy atom. The Morgan fingerprint density at radius 1 is 1.13 bits per heavy atom. The number of halogens is 2. The van der Waals surface area contributed by atoms with E-state index in [0.717, 1.165) is 27.9 Å². The van der Waals surface area contributed by atoms with Crippen molar-refractivity contribution in [1.82, 2.24) is 0 Å². The number of aliphatic carboxylic acids is 1. The molecule has 1 unspecified atom stereocenters. The van der Waals surface area contributed by atoms with Gasteiger partial charge in [0.2, 0.25) is 0 Å². The number of carbonyl (C=O) groups is 1. The smallest absolute Gasteiger partial charge is 0.387 e. The molecule has 1 aliphatic rings. The summed E-state index contributed by atoms with van der Waals surface area (Å²) in [5, 5.41) is 9.10. The van der Waals surface area contributed by atoms with Gasteiger partial charge < -0.3 is 14.6 Å². The lowest BCUT2D eigenvalue weighted by Crippen LogP contribution is -2.43. The Bertz CT molecular complexity index is 1440. The Hall–Kier alpha value is -3.92. The van der Waals surface area contributed by atoms with Crippen LogP contribution in [0.2, 0.25) is 0 Å². The summed E-state index contributed by atoms with van der Waals surface area (Å²) in [5.41, 5.74) is 3.19. The van der Waals surface area contributed by atoms with Crippen LogP contribution in [0.15, 0.2) is 71.6 Å². The van der Waals surface area contributed by atoms with Gasteiger partial charge in [-0.05, 0) is 53.8 Å². The second-order valence-corrected chi connectivity index (χ2v) is 10.5. The van der Waals surface area contributed by atoms with Crippen molar-refractivity contribution >= 4 is 33.8 Å². The summed E-state index contributed by atoms with van der Waals surface area (Å²) in [6, 6.07) is 17.9. The van der Waals surface area contributed by atoms with Crippen molar-refractivity contribution in [2.24, 2.45) is 0 Å². The molecule has 0 bridgehead atoms. The largest absolute Gasteiger partial charge is 0.486 e. The van der Waals surface area contributed by atoms with Gasteiger partial charge in [-0.3, -0.25) is 9.10 Å². The van der Waals surface area contributed by atoms with E-state index < -0.39 is 28.7 Å². The van der Waals surface area contributed by atoms with Crippen LogP contribution in [0.4, 0.5) is 14.5 Å². The number of ether oxygens (including phenoxy) is 2. The second kappa shape index (κ2) is 11.6. The van der Waals surface area contributed by atoms with E-state index in [1.54, 1.807) is 18.2 Å². The summed E-state index contributed by atoms with van der Waals surface area (Å²) in [5.74, 6) is -1.04. The van der Waals surface area contributed by atoms with Crippen LogP contribution < -0.4 is 13.8 Å². The number of hydrogen-bond donors (Lipinski definition) is 1. The third kappa shape index (κ3) is 6.31. The molecule has 0 saturated heterocycles. The first-order chi connectivity index (χ1) is 18.2. The number of alkyl halides is 2. The van der Waals surface area contributed by atoms with Crippen molar-refractivity contribution in [3.8, 4) is 11.5 Å². The lowest BCUT2D eigenvalue weighted by Gasteiger charge is -2.35. The molecule has 1 atom stereocenters. The summed E-state index contributed by atoms with van der Waals surface area (Å²) in [6.45, 7) is -1.19. The van der Waals surface area contributed by atoms with Crippen molar-refractivity contribution in [2.75, 3.05) is 10.8 Å². The molecule has 0 amide bonds. The first-order valence-corrected chi connectivity index (χ1v) is 13.5. The highest BCUT2D eigenvalue weighted by Gasteiger charge is 2.35. The third-order valence-electron chi connectivity index (χ3n) is 6.10. The highest BCUT2D eigenvalue weighted by atomic mass is 32.2. The molecule has 1 heterocycles. The van der Waals surface area contributed by atoms with Crippen molar-refractivity contribution in [1.29, 1.82) is 0 Å². The van der Waals surface area contributed by atoms with E-state index in [9.17, 15) is 22.0 Å². The first kappa shape index (κ1) is 27.1. The van der Waals surface area contributed by atoms with Crippen molar-refractivity contribution in [2.45, 2.75) is 43.8 Å². The predicted molar refractivity (Wildman–Crippen MR) is 140 cm³/mol. The highest BCUT2D eigenvalue weighted by Crippen LogP contribution is 2.39. The molecule has 1 N–H and O–H groups in total. The molecule has 0 aromatic heterocycles. The Balaban J connectivity index is 1.73. The average molecular weight is 544 g/mol. The minimum Gasteiger partial charge on any atom is -0.486 e. The molecule has 7 nitrogen and oxygen atoms in total. The number of aryl methyl sites for hydroxylation is 1. The first-order valence-electron chi connectivity index (χ1n) is 12.0. The Morgan fingerprint density at radius 2 is 1.92 bits per heavy atom. The number of rotatable bonds is 10. The summed E-state index contributed by atoms with van der Waals surface area (Å²) in [7, 11) is -4.24. The number of carboxylic acids is 1. The van der Waals surface area contributed by atoms with Gasteiger partial charge in [0, 0.05) is 12.5 Å². The van der Waals surface area contributed by atoms with Crippen molar-refractivity contribution < 1.29 is 36.6 Å². The minimum atomic E-state index is -4.24. The molecule has 38 heavy (non-hydrogen) atoms. The number of benzene rings is 3. The van der Waals surface area contributed by atoms with E-state index in [1.807, 2.05) is 36.4 Å². The van der Waals surface area contributed by atoms with Crippen LogP contribution in [-0.4, -0.2) is 38.8 Å². The van der Waals surface area contributed by atoms with Gasteiger partial charge in [0.25, 0.3) is 10.0 Å². The zero-order valence-electron chi connectivity index (χ0n) is 20.6. The summed E-state index contributed by atoms with van der Waals surface area (Å²) in [6.07, 6.45) is 3.84. The number of anilines is 1. The molecule has 4 rings (SSSR count). The van der Waals surface area contributed by atoms with Gasteiger partial charge in [-0.25, -0.2) is 8.42 Å². The van der Waals surface area contributed by atoms with Crippen LogP contribution in [0.5, 0.6) is 11.5 Å². The van der Waals surface area contributed by atoms with Crippen molar-refractivity contribution in [3.05, 3.63) is 83.4 Å². The Labute approximate surface area is 220 Å². The zero-order chi connectivity index (χ0) is 27.3. The van der Waals surface area contributed by atoms with E-state index in [2.05, 4.69) is 11.7 Å². The normalized spacial score (nSPS) is 15.4. The molecule has 3 aromatic carbocycles. The lowest BCUT2D eigenvalue weighted by atomic mass is 10.0. The second-order valence-electron chi connectivity index (χ2n) is 8.67. The van der Waals surface area contributed by atoms with E-state index >= 15 is 0 Å². The van der Waals surface area contributed by atoms with Crippen LogP contribution in [0.25, 0.3) is 12.2 Å². The molecule has 3 aromatic rings. The van der Waals surface area contributed by atoms with Crippen LogP contribution in [0, 0.1) is 0 Å². The van der Waals surface area contributed by atoms with Crippen LogP contribution in [-0.2, 0) is 21.2 Å². The van der Waals surface area contributed by atoms with Gasteiger partial charge in [-0.2, -0.15) is 8.78 Å². The lowest BCUT2D eigenvalue weighted by molar-refractivity contribution is -0.137. The third-order valence-corrected chi connectivity index (χ3v) is 7.88. The average Bonchev–Trinajstić information content (AvgIpc) is 2.90. The molecular formula is C28H27F2NO6S. The maximum Gasteiger partial charge on any atom is 0.387 e. The monoisotopic (exact) mass is 543 g/mol. The van der Waals surface area contributed by atoms with E-state index in [1.165, 1.54) is 23.8 Å². The van der Waals surface area contributed by atoms with E-state index in [-0.39, 0.29) is 41.5 Å². The fraction of sp³-hybridized carbons (Fsp3) is 0.250. The molecule has 200 valence electrons. The number of fused-ring (bicyclic) bond motifs is 1.